The van der Waals surface area contributed by atoms with Gasteiger partial charge in [-0.05, 0) is 19.2 Å². The van der Waals surface area contributed by atoms with Crippen LogP contribution in [0.25, 0.3) is 0 Å². The van der Waals surface area contributed by atoms with Crippen molar-refractivity contribution in [2.75, 3.05) is 6.26 Å². The standard InChI is InChI=1S/C8H8ClNO2S/c1-4-5(8(11)12)3-6(9)7(10-4)13-2/h3H,1-2H3,(H,11,12). The molecule has 0 fully saturated rings. The number of thioether (sulfide) groups is 1. The molecule has 70 valence electrons. The maximum absolute atomic E-state index is 10.7. The Morgan fingerprint density at radius 3 is 2.77 bits per heavy atom. The maximum Gasteiger partial charge on any atom is 0.337 e. The molecule has 1 aromatic heterocycles. The van der Waals surface area contributed by atoms with Gasteiger partial charge in [0.15, 0.2) is 0 Å². The summed E-state index contributed by atoms with van der Waals surface area (Å²) in [5, 5.41) is 9.79. The molecule has 0 saturated carbocycles. The molecule has 0 aromatic carbocycles. The van der Waals surface area contributed by atoms with Crippen molar-refractivity contribution in [1.82, 2.24) is 4.98 Å². The average molecular weight is 218 g/mol. The quantitative estimate of drug-likeness (QED) is 0.774. The van der Waals surface area contributed by atoms with Gasteiger partial charge in [0.2, 0.25) is 0 Å². The van der Waals surface area contributed by atoms with Crippen LogP contribution in [0.3, 0.4) is 0 Å². The van der Waals surface area contributed by atoms with Gasteiger partial charge in [-0.1, -0.05) is 11.6 Å². The highest BCUT2D eigenvalue weighted by molar-refractivity contribution is 7.98. The molecule has 0 bridgehead atoms. The second kappa shape index (κ2) is 3.98. The summed E-state index contributed by atoms with van der Waals surface area (Å²) in [6, 6.07) is 1.43. The molecule has 0 unspecified atom stereocenters. The van der Waals surface area contributed by atoms with Crippen molar-refractivity contribution in [1.29, 1.82) is 0 Å². The van der Waals surface area contributed by atoms with E-state index in [0.717, 1.165) is 0 Å². The Morgan fingerprint density at radius 2 is 2.31 bits per heavy atom. The largest absolute Gasteiger partial charge is 0.478 e. The smallest absolute Gasteiger partial charge is 0.337 e. The Balaban J connectivity index is 3.28. The number of hydrogen-bond donors (Lipinski definition) is 1. The molecular weight excluding hydrogens is 210 g/mol. The van der Waals surface area contributed by atoms with Crippen LogP contribution in [0.2, 0.25) is 5.02 Å². The van der Waals surface area contributed by atoms with Gasteiger partial charge in [0, 0.05) is 0 Å². The fourth-order valence-corrected chi connectivity index (χ4v) is 1.78. The highest BCUT2D eigenvalue weighted by Gasteiger charge is 2.11. The maximum atomic E-state index is 10.7. The third-order valence-electron chi connectivity index (χ3n) is 1.56. The molecule has 0 radical (unpaired) electrons. The molecule has 0 spiro atoms. The summed E-state index contributed by atoms with van der Waals surface area (Å²) in [6.45, 7) is 1.65. The summed E-state index contributed by atoms with van der Waals surface area (Å²) in [6.07, 6.45) is 1.84. The first kappa shape index (κ1) is 10.3. The van der Waals surface area contributed by atoms with E-state index in [1.165, 1.54) is 17.8 Å². The van der Waals surface area contributed by atoms with Gasteiger partial charge in [-0.25, -0.2) is 9.78 Å². The molecule has 0 amide bonds. The number of hydrogen-bond acceptors (Lipinski definition) is 3. The van der Waals surface area contributed by atoms with Gasteiger partial charge < -0.3 is 5.11 Å². The van der Waals surface area contributed by atoms with Crippen LogP contribution >= 0.6 is 23.4 Å². The Morgan fingerprint density at radius 1 is 1.69 bits per heavy atom. The zero-order valence-electron chi connectivity index (χ0n) is 7.17. The topological polar surface area (TPSA) is 50.2 Å². The number of carboxylic acid groups (broad SMARTS) is 1. The molecular formula is C8H8ClNO2S. The fourth-order valence-electron chi connectivity index (χ4n) is 0.918. The van der Waals surface area contributed by atoms with Crippen molar-refractivity contribution in [2.24, 2.45) is 0 Å². The van der Waals surface area contributed by atoms with Crippen LogP contribution in [-0.2, 0) is 0 Å². The van der Waals surface area contributed by atoms with Crippen molar-refractivity contribution in [3.05, 3.63) is 22.3 Å². The van der Waals surface area contributed by atoms with Crippen LogP contribution in [0.1, 0.15) is 16.1 Å². The average Bonchev–Trinajstić information content (AvgIpc) is 2.07. The first-order chi connectivity index (χ1) is 6.06. The second-order valence-electron chi connectivity index (χ2n) is 2.42. The van der Waals surface area contributed by atoms with Crippen molar-refractivity contribution < 1.29 is 9.90 Å². The third kappa shape index (κ3) is 2.14. The summed E-state index contributed by atoms with van der Waals surface area (Å²) in [4.78, 5) is 14.7. The molecule has 1 N–H and O–H groups in total. The van der Waals surface area contributed by atoms with Gasteiger partial charge in [0.1, 0.15) is 5.03 Å². The third-order valence-corrected chi connectivity index (χ3v) is 2.66. The van der Waals surface area contributed by atoms with Gasteiger partial charge in [-0.15, -0.1) is 11.8 Å². The normalized spacial score (nSPS) is 10.1. The summed E-state index contributed by atoms with van der Waals surface area (Å²) in [7, 11) is 0. The summed E-state index contributed by atoms with van der Waals surface area (Å²) in [5.41, 5.74) is 0.643. The van der Waals surface area contributed by atoms with E-state index in [2.05, 4.69) is 4.98 Å². The lowest BCUT2D eigenvalue weighted by molar-refractivity contribution is 0.0695. The zero-order valence-corrected chi connectivity index (χ0v) is 8.74. The van der Waals surface area contributed by atoms with Crippen LogP contribution in [0.4, 0.5) is 0 Å². The minimum atomic E-state index is -1.00. The predicted molar refractivity (Wildman–Crippen MR) is 52.7 cm³/mol. The number of carboxylic acids is 1. The molecule has 0 aliphatic carbocycles. The molecule has 1 heterocycles. The molecule has 3 nitrogen and oxygen atoms in total. The number of nitrogens with zero attached hydrogens (tertiary/aromatic N) is 1. The first-order valence-corrected chi connectivity index (χ1v) is 5.11. The molecule has 0 aliphatic heterocycles. The van der Waals surface area contributed by atoms with Crippen LogP contribution in [0, 0.1) is 6.92 Å². The monoisotopic (exact) mass is 217 g/mol. The predicted octanol–water partition coefficient (Wildman–Crippen LogP) is 2.46. The second-order valence-corrected chi connectivity index (χ2v) is 3.62. The van der Waals surface area contributed by atoms with E-state index in [0.29, 0.717) is 15.7 Å². The van der Waals surface area contributed by atoms with Crippen LogP contribution in [-0.4, -0.2) is 22.3 Å². The number of aromatic carboxylic acids is 1. The van der Waals surface area contributed by atoms with E-state index in [-0.39, 0.29) is 5.56 Å². The Labute approximate surface area is 85.1 Å². The highest BCUT2D eigenvalue weighted by atomic mass is 35.5. The van der Waals surface area contributed by atoms with E-state index < -0.39 is 5.97 Å². The summed E-state index contributed by atoms with van der Waals surface area (Å²) < 4.78 is 0. The van der Waals surface area contributed by atoms with Gasteiger partial charge in [-0.2, -0.15) is 0 Å². The van der Waals surface area contributed by atoms with Gasteiger partial charge in [0.25, 0.3) is 0 Å². The lowest BCUT2D eigenvalue weighted by atomic mass is 10.2. The summed E-state index contributed by atoms with van der Waals surface area (Å²) in [5.74, 6) is -1.00. The van der Waals surface area contributed by atoms with E-state index in [1.807, 2.05) is 6.26 Å². The van der Waals surface area contributed by atoms with Crippen molar-refractivity contribution in [3.8, 4) is 0 Å². The minimum Gasteiger partial charge on any atom is -0.478 e. The van der Waals surface area contributed by atoms with Crippen LogP contribution < -0.4 is 0 Å². The molecule has 1 rings (SSSR count). The Bertz CT molecular complexity index is 354. The first-order valence-electron chi connectivity index (χ1n) is 3.50. The molecule has 5 heteroatoms. The van der Waals surface area contributed by atoms with Crippen molar-refractivity contribution in [3.63, 3.8) is 0 Å². The Kier molecular flexibility index (Phi) is 3.17. The van der Waals surface area contributed by atoms with Gasteiger partial charge in [-0.3, -0.25) is 0 Å². The molecule has 0 atom stereocenters. The number of pyridine rings is 1. The van der Waals surface area contributed by atoms with Crippen molar-refractivity contribution >= 4 is 29.3 Å². The number of aromatic nitrogens is 1. The Hall–Kier alpha value is -0.740. The van der Waals surface area contributed by atoms with Crippen LogP contribution in [0.5, 0.6) is 0 Å². The van der Waals surface area contributed by atoms with E-state index in [4.69, 9.17) is 16.7 Å². The van der Waals surface area contributed by atoms with E-state index in [1.54, 1.807) is 6.92 Å². The zero-order chi connectivity index (χ0) is 10.0. The molecule has 0 saturated heterocycles. The number of halogens is 1. The van der Waals surface area contributed by atoms with Crippen molar-refractivity contribution in [2.45, 2.75) is 11.9 Å². The van der Waals surface area contributed by atoms with E-state index in [9.17, 15) is 4.79 Å². The lowest BCUT2D eigenvalue weighted by Crippen LogP contribution is -2.02. The fraction of sp³-hybridized carbons (Fsp3) is 0.250. The number of aryl methyl sites for hydroxylation is 1. The SMILES string of the molecule is CSc1nc(C)c(C(=O)O)cc1Cl. The van der Waals surface area contributed by atoms with Gasteiger partial charge in [0.05, 0.1) is 16.3 Å². The highest BCUT2D eigenvalue weighted by Crippen LogP contribution is 2.25. The van der Waals surface area contributed by atoms with Crippen LogP contribution in [0.15, 0.2) is 11.1 Å². The number of carbonyl (C=O) groups is 1. The molecule has 0 aliphatic rings. The summed E-state index contributed by atoms with van der Waals surface area (Å²) >= 11 is 7.19. The molecule has 13 heavy (non-hydrogen) atoms. The minimum absolute atomic E-state index is 0.155. The number of rotatable bonds is 2. The molecule has 1 aromatic rings. The van der Waals surface area contributed by atoms with E-state index >= 15 is 0 Å². The lowest BCUT2D eigenvalue weighted by Gasteiger charge is -2.04. The van der Waals surface area contributed by atoms with Gasteiger partial charge >= 0.3 is 5.97 Å².